The van der Waals surface area contributed by atoms with E-state index in [1.54, 1.807) is 15.9 Å². The summed E-state index contributed by atoms with van der Waals surface area (Å²) >= 11 is 1.57. The highest BCUT2D eigenvalue weighted by Gasteiger charge is 2.21. The van der Waals surface area contributed by atoms with Gasteiger partial charge in [-0.3, -0.25) is 0 Å². The Hall–Kier alpha value is -3.11. The van der Waals surface area contributed by atoms with Gasteiger partial charge in [0.25, 0.3) is 0 Å². The van der Waals surface area contributed by atoms with E-state index in [0.717, 1.165) is 16.3 Å². The Kier molecular flexibility index (Phi) is 4.06. The lowest BCUT2D eigenvalue weighted by atomic mass is 10.1. The van der Waals surface area contributed by atoms with Gasteiger partial charge in [-0.25, -0.2) is 9.78 Å². The van der Waals surface area contributed by atoms with Gasteiger partial charge >= 0.3 is 5.97 Å². The van der Waals surface area contributed by atoms with Gasteiger partial charge in [0.2, 0.25) is 0 Å². The minimum Gasteiger partial charge on any atom is -0.464 e. The van der Waals surface area contributed by atoms with E-state index in [4.69, 9.17) is 10.5 Å². The van der Waals surface area contributed by atoms with Crippen LogP contribution < -0.4 is 5.73 Å². The highest BCUT2D eigenvalue weighted by molar-refractivity contribution is 7.09. The molecule has 6 nitrogen and oxygen atoms in total. The van der Waals surface area contributed by atoms with E-state index in [1.165, 1.54) is 13.3 Å². The summed E-state index contributed by atoms with van der Waals surface area (Å²) in [5, 5.41) is 12.1. The number of carbonyl (C=O) groups is 1. The van der Waals surface area contributed by atoms with Crippen LogP contribution in [-0.2, 0) is 4.74 Å². The third-order valence-corrected chi connectivity index (χ3v) is 4.36. The number of hydrogen-bond acceptors (Lipinski definition) is 6. The smallest absolute Gasteiger partial charge is 0.357 e. The van der Waals surface area contributed by atoms with E-state index in [2.05, 4.69) is 4.98 Å². The number of carbonyl (C=O) groups excluding carboxylic acids is 1. The van der Waals surface area contributed by atoms with Gasteiger partial charge in [0, 0.05) is 22.8 Å². The summed E-state index contributed by atoms with van der Waals surface area (Å²) in [7, 11) is 1.28. The third-order valence-electron chi connectivity index (χ3n) is 3.58. The summed E-state index contributed by atoms with van der Waals surface area (Å²) in [4.78, 5) is 16.5. The maximum atomic E-state index is 12.1. The molecule has 0 saturated carbocycles. The van der Waals surface area contributed by atoms with Crippen LogP contribution in [-0.4, -0.2) is 22.6 Å². The number of aryl methyl sites for hydroxylation is 1. The van der Waals surface area contributed by atoms with Gasteiger partial charge in [0.05, 0.1) is 29.1 Å². The number of nitrogens with two attached hydrogens (primary N) is 1. The minimum absolute atomic E-state index is 0.110. The Morgan fingerprint density at radius 2 is 2.25 bits per heavy atom. The van der Waals surface area contributed by atoms with Gasteiger partial charge in [-0.1, -0.05) is 12.1 Å². The number of aromatic nitrogens is 2. The number of nitrogen functional groups attached to an aromatic ring is 1. The second-order valence-electron chi connectivity index (χ2n) is 5.08. The summed E-state index contributed by atoms with van der Waals surface area (Å²) in [5.74, 6) is -0.594. The quantitative estimate of drug-likeness (QED) is 0.740. The molecule has 0 amide bonds. The largest absolute Gasteiger partial charge is 0.464 e. The van der Waals surface area contributed by atoms with Gasteiger partial charge in [-0.15, -0.1) is 11.3 Å². The summed E-state index contributed by atoms with van der Waals surface area (Å²) < 4.78 is 6.37. The molecule has 0 aliphatic heterocycles. The Morgan fingerprint density at radius 3 is 2.88 bits per heavy atom. The number of benzene rings is 1. The highest BCUT2D eigenvalue weighted by Crippen LogP contribution is 2.28. The van der Waals surface area contributed by atoms with Crippen molar-refractivity contribution in [2.24, 2.45) is 0 Å². The maximum Gasteiger partial charge on any atom is 0.357 e. The van der Waals surface area contributed by atoms with Gasteiger partial charge in [-0.05, 0) is 19.1 Å². The molecule has 7 heteroatoms. The molecule has 3 rings (SSSR count). The number of esters is 1. The SMILES string of the molecule is COC(=O)c1c(N)c(C#N)cn1-c1cccc(-c2csc(C)n2)c1. The number of thiazole rings is 1. The first-order valence-electron chi connectivity index (χ1n) is 7.07. The van der Waals surface area contributed by atoms with E-state index < -0.39 is 5.97 Å². The molecular formula is C17H14N4O2S. The summed E-state index contributed by atoms with van der Waals surface area (Å²) in [6.45, 7) is 1.94. The number of anilines is 1. The van der Waals surface area contributed by atoms with E-state index in [-0.39, 0.29) is 16.9 Å². The van der Waals surface area contributed by atoms with Gasteiger partial charge in [0.1, 0.15) is 6.07 Å². The summed E-state index contributed by atoms with van der Waals surface area (Å²) in [6.07, 6.45) is 1.53. The minimum atomic E-state index is -0.594. The van der Waals surface area contributed by atoms with Crippen molar-refractivity contribution in [1.29, 1.82) is 5.26 Å². The van der Waals surface area contributed by atoms with Crippen molar-refractivity contribution in [3.8, 4) is 23.0 Å². The predicted octanol–water partition coefficient (Wildman–Crippen LogP) is 3.15. The first-order valence-corrected chi connectivity index (χ1v) is 7.95. The van der Waals surface area contributed by atoms with E-state index in [9.17, 15) is 10.1 Å². The second-order valence-corrected chi connectivity index (χ2v) is 6.14. The molecule has 2 aromatic heterocycles. The highest BCUT2D eigenvalue weighted by atomic mass is 32.1. The monoisotopic (exact) mass is 338 g/mol. The average Bonchev–Trinajstić information content (AvgIpc) is 3.17. The van der Waals surface area contributed by atoms with Crippen LogP contribution >= 0.6 is 11.3 Å². The van der Waals surface area contributed by atoms with E-state index in [0.29, 0.717) is 5.69 Å². The van der Waals surface area contributed by atoms with Crippen LogP contribution in [0.25, 0.3) is 16.9 Å². The van der Waals surface area contributed by atoms with Crippen molar-refractivity contribution in [3.05, 3.63) is 52.1 Å². The lowest BCUT2D eigenvalue weighted by Crippen LogP contribution is -2.11. The Labute approximate surface area is 142 Å². The standard InChI is InChI=1S/C17H14N4O2S/c1-10-20-14(9-24-10)11-4-3-5-13(6-11)21-8-12(7-18)15(19)16(21)17(22)23-2/h3-6,8-9H,19H2,1-2H3. The van der Waals surface area contributed by atoms with Gasteiger partial charge in [0.15, 0.2) is 5.69 Å². The Morgan fingerprint density at radius 1 is 1.46 bits per heavy atom. The molecule has 0 spiro atoms. The molecule has 0 fully saturated rings. The van der Waals surface area contributed by atoms with Crippen molar-refractivity contribution >= 4 is 23.0 Å². The molecule has 0 unspecified atom stereocenters. The van der Waals surface area contributed by atoms with Crippen molar-refractivity contribution in [1.82, 2.24) is 9.55 Å². The molecule has 0 aliphatic carbocycles. The molecule has 24 heavy (non-hydrogen) atoms. The molecule has 0 bridgehead atoms. The summed E-state index contributed by atoms with van der Waals surface area (Å²) in [5.41, 5.74) is 8.88. The zero-order valence-corrected chi connectivity index (χ0v) is 13.9. The molecule has 0 saturated heterocycles. The molecule has 0 radical (unpaired) electrons. The van der Waals surface area contributed by atoms with Crippen LogP contribution in [0.5, 0.6) is 0 Å². The van der Waals surface area contributed by atoms with E-state index in [1.807, 2.05) is 42.6 Å². The normalized spacial score (nSPS) is 10.4. The number of nitrogens with zero attached hydrogens (tertiary/aromatic N) is 3. The first kappa shape index (κ1) is 15.8. The number of hydrogen-bond donors (Lipinski definition) is 1. The topological polar surface area (TPSA) is 93.9 Å². The van der Waals surface area contributed by atoms with Crippen LogP contribution in [0.1, 0.15) is 21.1 Å². The van der Waals surface area contributed by atoms with Crippen LogP contribution in [0.2, 0.25) is 0 Å². The van der Waals surface area contributed by atoms with Crippen molar-refractivity contribution in [2.45, 2.75) is 6.92 Å². The van der Waals surface area contributed by atoms with Crippen molar-refractivity contribution in [3.63, 3.8) is 0 Å². The van der Waals surface area contributed by atoms with Crippen molar-refractivity contribution in [2.75, 3.05) is 12.8 Å². The van der Waals surface area contributed by atoms with Crippen LogP contribution in [0, 0.1) is 18.3 Å². The molecule has 0 aliphatic rings. The van der Waals surface area contributed by atoms with Gasteiger partial charge < -0.3 is 15.0 Å². The predicted molar refractivity (Wildman–Crippen MR) is 92.1 cm³/mol. The molecule has 2 heterocycles. The number of methoxy groups -OCH3 is 1. The molecule has 120 valence electrons. The molecular weight excluding hydrogens is 324 g/mol. The number of nitriles is 1. The second kappa shape index (κ2) is 6.18. The van der Waals surface area contributed by atoms with Crippen LogP contribution in [0.3, 0.4) is 0 Å². The molecule has 3 aromatic rings. The lowest BCUT2D eigenvalue weighted by molar-refractivity contribution is 0.0593. The van der Waals surface area contributed by atoms with Crippen LogP contribution in [0.4, 0.5) is 5.69 Å². The first-order chi connectivity index (χ1) is 11.5. The van der Waals surface area contributed by atoms with Crippen LogP contribution in [0.15, 0.2) is 35.8 Å². The molecule has 0 atom stereocenters. The fourth-order valence-electron chi connectivity index (χ4n) is 2.43. The number of ether oxygens (including phenoxy) is 1. The number of rotatable bonds is 3. The third kappa shape index (κ3) is 2.64. The zero-order chi connectivity index (χ0) is 17.3. The fourth-order valence-corrected chi connectivity index (χ4v) is 3.05. The summed E-state index contributed by atoms with van der Waals surface area (Å²) in [6, 6.07) is 9.51. The van der Waals surface area contributed by atoms with Gasteiger partial charge in [-0.2, -0.15) is 5.26 Å². The lowest BCUT2D eigenvalue weighted by Gasteiger charge is -2.09. The Balaban J connectivity index is 2.16. The zero-order valence-electron chi connectivity index (χ0n) is 13.1. The fraction of sp³-hybridized carbons (Fsp3) is 0.118. The van der Waals surface area contributed by atoms with Crippen molar-refractivity contribution < 1.29 is 9.53 Å². The molecule has 1 aromatic carbocycles. The average molecular weight is 338 g/mol. The molecule has 2 N–H and O–H groups in total. The maximum absolute atomic E-state index is 12.1. The van der Waals surface area contributed by atoms with E-state index >= 15 is 0 Å². The Bertz CT molecular complexity index is 965.